The Morgan fingerprint density at radius 1 is 1.50 bits per heavy atom. The van der Waals surface area contributed by atoms with Gasteiger partial charge < -0.3 is 10.4 Å². The van der Waals surface area contributed by atoms with Gasteiger partial charge in [-0.2, -0.15) is 0 Å². The molecule has 1 saturated carbocycles. The van der Waals surface area contributed by atoms with Crippen molar-refractivity contribution in [2.75, 3.05) is 0 Å². The molecule has 16 heavy (non-hydrogen) atoms. The van der Waals surface area contributed by atoms with E-state index in [0.29, 0.717) is 11.8 Å². The fourth-order valence-corrected chi connectivity index (χ4v) is 2.14. The van der Waals surface area contributed by atoms with E-state index < -0.39 is 0 Å². The van der Waals surface area contributed by atoms with Crippen LogP contribution in [0.2, 0.25) is 0 Å². The lowest BCUT2D eigenvalue weighted by Gasteiger charge is -2.13. The van der Waals surface area contributed by atoms with Gasteiger partial charge >= 0.3 is 0 Å². The van der Waals surface area contributed by atoms with Crippen molar-refractivity contribution in [3.63, 3.8) is 0 Å². The first-order valence-corrected chi connectivity index (χ1v) is 6.17. The highest BCUT2D eigenvalue weighted by Crippen LogP contribution is 2.32. The van der Waals surface area contributed by atoms with E-state index in [0.717, 1.165) is 22.5 Å². The van der Waals surface area contributed by atoms with E-state index in [2.05, 4.69) is 28.2 Å². The highest BCUT2D eigenvalue weighted by molar-refractivity contribution is 9.10. The molecule has 1 aromatic carbocycles. The Morgan fingerprint density at radius 2 is 2.19 bits per heavy atom. The first-order chi connectivity index (χ1) is 7.16. The zero-order valence-corrected chi connectivity index (χ0v) is 11.6. The van der Waals surface area contributed by atoms with Crippen molar-refractivity contribution in [1.29, 1.82) is 0 Å². The molecule has 1 atom stereocenters. The molecule has 0 amide bonds. The van der Waals surface area contributed by atoms with Crippen LogP contribution >= 0.6 is 28.3 Å². The zero-order chi connectivity index (χ0) is 10.8. The number of hydrogen-bond acceptors (Lipinski definition) is 2. The quantitative estimate of drug-likeness (QED) is 0.893. The van der Waals surface area contributed by atoms with Gasteiger partial charge in [-0.25, -0.2) is 0 Å². The van der Waals surface area contributed by atoms with Gasteiger partial charge in [-0.1, -0.05) is 15.9 Å². The van der Waals surface area contributed by atoms with Gasteiger partial charge in [-0.05, 0) is 43.9 Å². The molecule has 1 fully saturated rings. The smallest absolute Gasteiger partial charge is 0.120 e. The number of hydrogen-bond donors (Lipinski definition) is 2. The van der Waals surface area contributed by atoms with Gasteiger partial charge in [-0.15, -0.1) is 12.4 Å². The summed E-state index contributed by atoms with van der Waals surface area (Å²) in [7, 11) is 0. The fraction of sp³-hybridized carbons (Fsp3) is 0.500. The average molecular weight is 307 g/mol. The molecule has 2 nitrogen and oxygen atoms in total. The third-order valence-electron chi connectivity index (χ3n) is 2.99. The van der Waals surface area contributed by atoms with E-state index in [4.69, 9.17) is 0 Å². The van der Waals surface area contributed by atoms with E-state index in [-0.39, 0.29) is 12.4 Å². The molecule has 0 radical (unpaired) electrons. The number of benzene rings is 1. The van der Waals surface area contributed by atoms with Gasteiger partial charge in [0.05, 0.1) is 0 Å². The molecule has 4 heteroatoms. The van der Waals surface area contributed by atoms with Crippen LogP contribution in [0.3, 0.4) is 0 Å². The van der Waals surface area contributed by atoms with E-state index in [9.17, 15) is 5.11 Å². The minimum Gasteiger partial charge on any atom is -0.508 e. The summed E-state index contributed by atoms with van der Waals surface area (Å²) in [6.07, 6.45) is 2.69. The van der Waals surface area contributed by atoms with Crippen LogP contribution in [-0.2, 0) is 6.54 Å². The van der Waals surface area contributed by atoms with E-state index >= 15 is 0 Å². The molecule has 1 aromatic rings. The summed E-state index contributed by atoms with van der Waals surface area (Å²) in [5, 5.41) is 13.1. The SMILES string of the molecule is CC(NCc1cc(Br)ccc1O)C1CC1.Cl. The van der Waals surface area contributed by atoms with Crippen LogP contribution in [0.4, 0.5) is 0 Å². The average Bonchev–Trinajstić information content (AvgIpc) is 3.02. The summed E-state index contributed by atoms with van der Waals surface area (Å²) in [4.78, 5) is 0. The standard InChI is InChI=1S/C12H16BrNO.ClH/c1-8(9-2-3-9)14-7-10-6-11(13)4-5-12(10)15;/h4-6,8-9,14-15H,2-3,7H2,1H3;1H. The van der Waals surface area contributed by atoms with Crippen LogP contribution < -0.4 is 5.32 Å². The van der Waals surface area contributed by atoms with Crippen LogP contribution in [0.15, 0.2) is 22.7 Å². The first-order valence-electron chi connectivity index (χ1n) is 5.37. The van der Waals surface area contributed by atoms with Crippen molar-refractivity contribution >= 4 is 28.3 Å². The predicted octanol–water partition coefficient (Wildman–Crippen LogP) is 3.46. The van der Waals surface area contributed by atoms with Crippen molar-refractivity contribution in [2.45, 2.75) is 32.4 Å². The number of phenolic OH excluding ortho intramolecular Hbond substituents is 1. The largest absolute Gasteiger partial charge is 0.508 e. The number of halogens is 2. The second kappa shape index (κ2) is 5.89. The Morgan fingerprint density at radius 3 is 2.81 bits per heavy atom. The lowest BCUT2D eigenvalue weighted by atomic mass is 10.1. The minimum atomic E-state index is 0. The van der Waals surface area contributed by atoms with Crippen molar-refractivity contribution in [3.8, 4) is 5.75 Å². The molecule has 90 valence electrons. The molecule has 1 aliphatic rings. The summed E-state index contributed by atoms with van der Waals surface area (Å²) in [5.74, 6) is 1.22. The lowest BCUT2D eigenvalue weighted by molar-refractivity contribution is 0.451. The van der Waals surface area contributed by atoms with Crippen LogP contribution in [0.1, 0.15) is 25.3 Å². The Kier molecular flexibility index (Phi) is 5.09. The maximum Gasteiger partial charge on any atom is 0.120 e. The van der Waals surface area contributed by atoms with Gasteiger partial charge in [0.2, 0.25) is 0 Å². The first kappa shape index (κ1) is 13.8. The zero-order valence-electron chi connectivity index (χ0n) is 9.24. The molecule has 2 N–H and O–H groups in total. The fourth-order valence-electron chi connectivity index (χ4n) is 1.73. The third kappa shape index (κ3) is 3.65. The van der Waals surface area contributed by atoms with E-state index in [1.807, 2.05) is 12.1 Å². The minimum absolute atomic E-state index is 0. The van der Waals surface area contributed by atoms with Crippen molar-refractivity contribution in [2.24, 2.45) is 5.92 Å². The topological polar surface area (TPSA) is 32.3 Å². The monoisotopic (exact) mass is 305 g/mol. The number of aromatic hydroxyl groups is 1. The van der Waals surface area contributed by atoms with Gasteiger partial charge in [0, 0.05) is 22.6 Å². The van der Waals surface area contributed by atoms with Gasteiger partial charge in [0.1, 0.15) is 5.75 Å². The maximum absolute atomic E-state index is 9.64. The molecule has 0 aromatic heterocycles. The second-order valence-corrected chi connectivity index (χ2v) is 5.20. The highest BCUT2D eigenvalue weighted by Gasteiger charge is 2.27. The van der Waals surface area contributed by atoms with Gasteiger partial charge in [-0.3, -0.25) is 0 Å². The van der Waals surface area contributed by atoms with Crippen molar-refractivity contribution in [3.05, 3.63) is 28.2 Å². The molecule has 2 rings (SSSR count). The maximum atomic E-state index is 9.64. The molecule has 0 saturated heterocycles. The van der Waals surface area contributed by atoms with E-state index in [1.54, 1.807) is 6.07 Å². The molecule has 0 spiro atoms. The molecule has 1 aliphatic carbocycles. The Hall–Kier alpha value is -0.250. The van der Waals surface area contributed by atoms with Crippen LogP contribution in [-0.4, -0.2) is 11.1 Å². The van der Waals surface area contributed by atoms with Gasteiger partial charge in [0.25, 0.3) is 0 Å². The second-order valence-electron chi connectivity index (χ2n) is 4.28. The molecule has 0 aliphatic heterocycles. The summed E-state index contributed by atoms with van der Waals surface area (Å²) < 4.78 is 1.01. The molecule has 0 bridgehead atoms. The lowest BCUT2D eigenvalue weighted by Crippen LogP contribution is -2.27. The van der Waals surface area contributed by atoms with Crippen LogP contribution in [0.5, 0.6) is 5.75 Å². The van der Waals surface area contributed by atoms with Crippen molar-refractivity contribution < 1.29 is 5.11 Å². The Bertz CT molecular complexity index is 355. The highest BCUT2D eigenvalue weighted by atomic mass is 79.9. The van der Waals surface area contributed by atoms with Crippen LogP contribution in [0.25, 0.3) is 0 Å². The predicted molar refractivity (Wildman–Crippen MR) is 72.1 cm³/mol. The summed E-state index contributed by atoms with van der Waals surface area (Å²) >= 11 is 3.41. The molecule has 1 unspecified atom stereocenters. The van der Waals surface area contributed by atoms with Crippen molar-refractivity contribution in [1.82, 2.24) is 5.32 Å². The normalized spacial score (nSPS) is 16.6. The summed E-state index contributed by atoms with van der Waals surface area (Å²) in [6, 6.07) is 6.09. The molecular formula is C12H17BrClNO. The molecular weight excluding hydrogens is 289 g/mol. The third-order valence-corrected chi connectivity index (χ3v) is 3.48. The number of nitrogens with one attached hydrogen (secondary N) is 1. The summed E-state index contributed by atoms with van der Waals surface area (Å²) in [5.41, 5.74) is 0.955. The Balaban J connectivity index is 0.00000128. The number of rotatable bonds is 4. The number of phenols is 1. The Labute approximate surface area is 111 Å². The van der Waals surface area contributed by atoms with E-state index in [1.165, 1.54) is 12.8 Å². The molecule has 0 heterocycles. The van der Waals surface area contributed by atoms with Gasteiger partial charge in [0.15, 0.2) is 0 Å². The summed E-state index contributed by atoms with van der Waals surface area (Å²) in [6.45, 7) is 2.95. The van der Waals surface area contributed by atoms with Crippen LogP contribution in [0, 0.1) is 5.92 Å².